The highest BCUT2D eigenvalue weighted by molar-refractivity contribution is 7.10. The molecule has 0 saturated carbocycles. The second kappa shape index (κ2) is 7.13. The number of rotatable bonds is 5. The fourth-order valence-corrected chi connectivity index (χ4v) is 2.72. The SMILES string of the molecule is CC(=O)N[C@H](CC(=O)Nc1cc(F)ccc1F)c1cccs1. The van der Waals surface area contributed by atoms with Crippen LogP contribution in [0, 0.1) is 11.6 Å². The summed E-state index contributed by atoms with van der Waals surface area (Å²) in [6.45, 7) is 1.35. The van der Waals surface area contributed by atoms with E-state index in [0.29, 0.717) is 0 Å². The molecule has 0 aliphatic rings. The van der Waals surface area contributed by atoms with E-state index in [1.165, 1.54) is 18.3 Å². The average molecular weight is 324 g/mol. The average Bonchev–Trinajstić information content (AvgIpc) is 2.95. The first-order chi connectivity index (χ1) is 10.5. The van der Waals surface area contributed by atoms with Crippen molar-refractivity contribution in [1.82, 2.24) is 5.32 Å². The van der Waals surface area contributed by atoms with E-state index < -0.39 is 23.6 Å². The summed E-state index contributed by atoms with van der Waals surface area (Å²) in [4.78, 5) is 24.1. The number of benzene rings is 1. The number of halogens is 2. The monoisotopic (exact) mass is 324 g/mol. The van der Waals surface area contributed by atoms with Crippen molar-refractivity contribution in [3.63, 3.8) is 0 Å². The minimum absolute atomic E-state index is 0.0734. The van der Waals surface area contributed by atoms with Crippen LogP contribution in [0.1, 0.15) is 24.3 Å². The Morgan fingerprint density at radius 1 is 1.27 bits per heavy atom. The molecule has 2 N–H and O–H groups in total. The molecule has 0 fully saturated rings. The zero-order valence-corrected chi connectivity index (χ0v) is 12.5. The van der Waals surface area contributed by atoms with Gasteiger partial charge in [0.05, 0.1) is 18.2 Å². The molecule has 0 aliphatic heterocycles. The van der Waals surface area contributed by atoms with Gasteiger partial charge in [0.1, 0.15) is 11.6 Å². The number of nitrogens with one attached hydrogen (secondary N) is 2. The van der Waals surface area contributed by atoms with Gasteiger partial charge in [-0.2, -0.15) is 0 Å². The second-order valence-electron chi connectivity index (χ2n) is 4.64. The molecule has 1 aromatic carbocycles. The molecule has 0 bridgehead atoms. The predicted molar refractivity (Wildman–Crippen MR) is 80.5 cm³/mol. The van der Waals surface area contributed by atoms with Crippen LogP contribution in [-0.4, -0.2) is 11.8 Å². The molecule has 7 heteroatoms. The van der Waals surface area contributed by atoms with Gasteiger partial charge in [-0.25, -0.2) is 8.78 Å². The van der Waals surface area contributed by atoms with E-state index in [9.17, 15) is 18.4 Å². The van der Waals surface area contributed by atoms with Gasteiger partial charge in [-0.1, -0.05) is 6.07 Å². The van der Waals surface area contributed by atoms with Crippen molar-refractivity contribution in [2.24, 2.45) is 0 Å². The van der Waals surface area contributed by atoms with Crippen molar-refractivity contribution >= 4 is 28.8 Å². The molecule has 0 radical (unpaired) electrons. The highest BCUT2D eigenvalue weighted by Crippen LogP contribution is 2.23. The third kappa shape index (κ3) is 4.36. The second-order valence-corrected chi connectivity index (χ2v) is 5.62. The first-order valence-corrected chi connectivity index (χ1v) is 7.39. The maximum absolute atomic E-state index is 13.5. The van der Waals surface area contributed by atoms with Crippen molar-refractivity contribution in [3.8, 4) is 0 Å². The fraction of sp³-hybridized carbons (Fsp3) is 0.200. The van der Waals surface area contributed by atoms with Crippen molar-refractivity contribution < 1.29 is 18.4 Å². The van der Waals surface area contributed by atoms with Crippen molar-refractivity contribution in [3.05, 3.63) is 52.2 Å². The molecule has 1 atom stereocenters. The molecule has 2 rings (SSSR count). The molecule has 1 aromatic heterocycles. The highest BCUT2D eigenvalue weighted by atomic mass is 32.1. The maximum Gasteiger partial charge on any atom is 0.226 e. The molecule has 22 heavy (non-hydrogen) atoms. The van der Waals surface area contributed by atoms with Gasteiger partial charge in [0.15, 0.2) is 0 Å². The van der Waals surface area contributed by atoms with Gasteiger partial charge in [0.2, 0.25) is 11.8 Å². The van der Waals surface area contributed by atoms with Gasteiger partial charge >= 0.3 is 0 Å². The first kappa shape index (κ1) is 16.1. The number of carbonyl (C=O) groups is 2. The standard InChI is InChI=1S/C15H14F2N2O2S/c1-9(20)18-13(14-3-2-6-22-14)8-15(21)19-12-7-10(16)4-5-11(12)17/h2-7,13H,8H2,1H3,(H,18,20)(H,19,21)/t13-/m1/s1. The van der Waals surface area contributed by atoms with Gasteiger partial charge in [0.25, 0.3) is 0 Å². The summed E-state index contributed by atoms with van der Waals surface area (Å²) >= 11 is 1.40. The van der Waals surface area contributed by atoms with E-state index in [4.69, 9.17) is 0 Å². The molecule has 0 aliphatic carbocycles. The van der Waals surface area contributed by atoms with Crippen molar-refractivity contribution in [2.45, 2.75) is 19.4 Å². The van der Waals surface area contributed by atoms with Gasteiger partial charge in [-0.05, 0) is 23.6 Å². The number of anilines is 1. The van der Waals surface area contributed by atoms with Crippen molar-refractivity contribution in [1.29, 1.82) is 0 Å². The van der Waals surface area contributed by atoms with Crippen molar-refractivity contribution in [2.75, 3.05) is 5.32 Å². The molecule has 0 spiro atoms. The van der Waals surface area contributed by atoms with Crippen LogP contribution in [0.3, 0.4) is 0 Å². The Bertz CT molecular complexity index is 674. The van der Waals surface area contributed by atoms with E-state index >= 15 is 0 Å². The molecule has 0 unspecified atom stereocenters. The Hall–Kier alpha value is -2.28. The van der Waals surface area contributed by atoms with Gasteiger partial charge in [-0.15, -0.1) is 11.3 Å². The molecule has 4 nitrogen and oxygen atoms in total. The van der Waals surface area contributed by atoms with Crippen LogP contribution in [0.2, 0.25) is 0 Å². The topological polar surface area (TPSA) is 58.2 Å². The minimum Gasteiger partial charge on any atom is -0.348 e. The van der Waals surface area contributed by atoms with E-state index in [1.54, 1.807) is 12.1 Å². The molecular weight excluding hydrogens is 310 g/mol. The lowest BCUT2D eigenvalue weighted by atomic mass is 10.1. The van der Waals surface area contributed by atoms with Crippen LogP contribution in [0.4, 0.5) is 14.5 Å². The molecule has 0 saturated heterocycles. The van der Waals surface area contributed by atoms with Gasteiger partial charge in [0, 0.05) is 17.9 Å². The fourth-order valence-electron chi connectivity index (χ4n) is 1.94. The van der Waals surface area contributed by atoms with Crippen LogP contribution < -0.4 is 10.6 Å². The van der Waals surface area contributed by atoms with E-state index in [1.807, 2.05) is 5.38 Å². The Balaban J connectivity index is 2.08. The Morgan fingerprint density at radius 3 is 2.68 bits per heavy atom. The highest BCUT2D eigenvalue weighted by Gasteiger charge is 2.19. The minimum atomic E-state index is -0.720. The van der Waals surface area contributed by atoms with Gasteiger partial charge in [-0.3, -0.25) is 9.59 Å². The predicted octanol–water partition coefficient (Wildman–Crippen LogP) is 3.23. The van der Waals surface area contributed by atoms with E-state index in [0.717, 1.165) is 23.1 Å². The third-order valence-electron chi connectivity index (χ3n) is 2.86. The lowest BCUT2D eigenvalue weighted by Crippen LogP contribution is -2.29. The zero-order valence-electron chi connectivity index (χ0n) is 11.7. The van der Waals surface area contributed by atoms with Crippen LogP contribution in [-0.2, 0) is 9.59 Å². The van der Waals surface area contributed by atoms with Gasteiger partial charge < -0.3 is 10.6 Å². The largest absolute Gasteiger partial charge is 0.348 e. The number of thiophene rings is 1. The van der Waals surface area contributed by atoms with E-state index in [2.05, 4.69) is 10.6 Å². The number of carbonyl (C=O) groups excluding carboxylic acids is 2. The smallest absolute Gasteiger partial charge is 0.226 e. The summed E-state index contributed by atoms with van der Waals surface area (Å²) < 4.78 is 26.6. The van der Waals surface area contributed by atoms with Crippen LogP contribution in [0.5, 0.6) is 0 Å². The van der Waals surface area contributed by atoms with Crippen LogP contribution in [0.25, 0.3) is 0 Å². The zero-order chi connectivity index (χ0) is 16.1. The quantitative estimate of drug-likeness (QED) is 0.887. The molecule has 2 amide bonds. The summed E-state index contributed by atoms with van der Waals surface area (Å²) in [5.41, 5.74) is -0.224. The summed E-state index contributed by atoms with van der Waals surface area (Å²) in [6.07, 6.45) is -0.0734. The number of hydrogen-bond donors (Lipinski definition) is 2. The van der Waals surface area contributed by atoms with E-state index in [-0.39, 0.29) is 18.0 Å². The summed E-state index contributed by atoms with van der Waals surface area (Å²) in [5.74, 6) is -2.16. The molecule has 2 aromatic rings. The molecule has 1 heterocycles. The normalized spacial score (nSPS) is 11.8. The number of amides is 2. The summed E-state index contributed by atoms with van der Waals surface area (Å²) in [7, 11) is 0. The summed E-state index contributed by atoms with van der Waals surface area (Å²) in [5, 5.41) is 6.81. The Kier molecular flexibility index (Phi) is 5.21. The maximum atomic E-state index is 13.5. The van der Waals surface area contributed by atoms with Crippen LogP contribution >= 0.6 is 11.3 Å². The molecule has 116 valence electrons. The van der Waals surface area contributed by atoms with Crippen LogP contribution in [0.15, 0.2) is 35.7 Å². The first-order valence-electron chi connectivity index (χ1n) is 6.51. The lowest BCUT2D eigenvalue weighted by Gasteiger charge is -2.16. The molecular formula is C15H14F2N2O2S. The Morgan fingerprint density at radius 2 is 2.05 bits per heavy atom. The Labute approximate surface area is 130 Å². The lowest BCUT2D eigenvalue weighted by molar-refractivity contribution is -0.120. The number of hydrogen-bond acceptors (Lipinski definition) is 3. The summed E-state index contributed by atoms with van der Waals surface area (Å²) in [6, 6.07) is 5.91. The third-order valence-corrected chi connectivity index (χ3v) is 3.84.